The molecule has 0 aromatic heterocycles. The van der Waals surface area contributed by atoms with E-state index >= 15 is 0 Å². The van der Waals surface area contributed by atoms with Gasteiger partial charge >= 0.3 is 0 Å². The van der Waals surface area contributed by atoms with Gasteiger partial charge < -0.3 is 5.73 Å². The lowest BCUT2D eigenvalue weighted by atomic mass is 9.88. The van der Waals surface area contributed by atoms with E-state index in [-0.39, 0.29) is 6.04 Å². The third kappa shape index (κ3) is 3.25. The molecule has 1 atom stereocenters. The van der Waals surface area contributed by atoms with Gasteiger partial charge in [0.15, 0.2) is 0 Å². The van der Waals surface area contributed by atoms with Gasteiger partial charge in [0.05, 0.1) is 0 Å². The molecule has 1 nitrogen and oxygen atoms in total. The van der Waals surface area contributed by atoms with Gasteiger partial charge in [-0.15, -0.1) is 0 Å². The predicted molar refractivity (Wildman–Crippen MR) is 64.5 cm³/mol. The average Bonchev–Trinajstić information content (AvgIpc) is 2.55. The lowest BCUT2D eigenvalue weighted by molar-refractivity contribution is 0.380. The van der Waals surface area contributed by atoms with Crippen LogP contribution in [0.4, 0.5) is 8.78 Å². The minimum Gasteiger partial charge on any atom is -0.324 e. The van der Waals surface area contributed by atoms with Gasteiger partial charge in [0, 0.05) is 12.1 Å². The maximum Gasteiger partial charge on any atom is 0.126 e. The predicted octanol–water partition coefficient (Wildman–Crippen LogP) is 3.94. The van der Waals surface area contributed by atoms with E-state index in [9.17, 15) is 8.78 Å². The van der Waals surface area contributed by atoms with Crippen molar-refractivity contribution < 1.29 is 8.78 Å². The van der Waals surface area contributed by atoms with Crippen LogP contribution in [-0.2, 0) is 0 Å². The van der Waals surface area contributed by atoms with Crippen molar-refractivity contribution in [1.29, 1.82) is 0 Å². The van der Waals surface area contributed by atoms with Crippen LogP contribution in [0.5, 0.6) is 0 Å². The Balaban J connectivity index is 2.14. The zero-order valence-corrected chi connectivity index (χ0v) is 9.96. The van der Waals surface area contributed by atoms with Crippen molar-refractivity contribution in [3.63, 3.8) is 0 Å². The molecule has 0 spiro atoms. The van der Waals surface area contributed by atoms with Gasteiger partial charge in [-0.2, -0.15) is 0 Å². The zero-order valence-electron chi connectivity index (χ0n) is 9.96. The topological polar surface area (TPSA) is 26.0 Å². The molecule has 0 saturated heterocycles. The highest BCUT2D eigenvalue weighted by Crippen LogP contribution is 2.32. The third-order valence-electron chi connectivity index (χ3n) is 3.68. The van der Waals surface area contributed by atoms with Gasteiger partial charge in [-0.05, 0) is 36.5 Å². The highest BCUT2D eigenvalue weighted by molar-refractivity contribution is 5.21. The molecule has 1 aromatic carbocycles. The van der Waals surface area contributed by atoms with Crippen LogP contribution in [0, 0.1) is 17.6 Å². The maximum atomic E-state index is 13.1. The molecule has 1 aromatic rings. The molecule has 0 aliphatic heterocycles. The highest BCUT2D eigenvalue weighted by Gasteiger charge is 2.21. The van der Waals surface area contributed by atoms with Gasteiger partial charge in [-0.3, -0.25) is 0 Å². The fraction of sp³-hybridized carbons (Fsp3) is 0.571. The second kappa shape index (κ2) is 5.58. The van der Waals surface area contributed by atoms with E-state index in [4.69, 9.17) is 5.73 Å². The van der Waals surface area contributed by atoms with E-state index in [1.807, 2.05) is 0 Å². The summed E-state index contributed by atoms with van der Waals surface area (Å²) in [6.07, 6.45) is 6.99. The lowest BCUT2D eigenvalue weighted by Gasteiger charge is -2.22. The van der Waals surface area contributed by atoms with E-state index < -0.39 is 11.6 Å². The molecule has 0 heterocycles. The van der Waals surface area contributed by atoms with Gasteiger partial charge in [-0.1, -0.05) is 25.7 Å². The van der Waals surface area contributed by atoms with Crippen molar-refractivity contribution in [3.8, 4) is 0 Å². The SMILES string of the molecule is NC(c1cc(F)cc(F)c1)C1CCCCCC1. The van der Waals surface area contributed by atoms with Gasteiger partial charge in [0.25, 0.3) is 0 Å². The van der Waals surface area contributed by atoms with Gasteiger partial charge in [0.2, 0.25) is 0 Å². The molecule has 1 aliphatic carbocycles. The molecular weight excluding hydrogens is 220 g/mol. The minimum absolute atomic E-state index is 0.238. The van der Waals surface area contributed by atoms with Crippen LogP contribution in [0.15, 0.2) is 18.2 Å². The molecule has 1 saturated carbocycles. The second-order valence-corrected chi connectivity index (χ2v) is 4.98. The number of rotatable bonds is 2. The molecule has 17 heavy (non-hydrogen) atoms. The molecule has 0 amide bonds. The van der Waals surface area contributed by atoms with Crippen LogP contribution in [0.2, 0.25) is 0 Å². The Labute approximate surface area is 101 Å². The van der Waals surface area contributed by atoms with Crippen LogP contribution in [0.3, 0.4) is 0 Å². The summed E-state index contributed by atoms with van der Waals surface area (Å²) in [5, 5.41) is 0. The van der Waals surface area contributed by atoms with E-state index in [0.29, 0.717) is 11.5 Å². The number of hydrogen-bond donors (Lipinski definition) is 1. The Kier molecular flexibility index (Phi) is 4.11. The fourth-order valence-corrected chi connectivity index (χ4v) is 2.71. The van der Waals surface area contributed by atoms with Crippen molar-refractivity contribution in [3.05, 3.63) is 35.4 Å². The molecular formula is C14H19F2N. The summed E-state index contributed by atoms with van der Waals surface area (Å²) >= 11 is 0. The Hall–Kier alpha value is -0.960. The Morgan fingerprint density at radius 3 is 2.00 bits per heavy atom. The molecule has 2 rings (SSSR count). The molecule has 1 aliphatic rings. The second-order valence-electron chi connectivity index (χ2n) is 4.98. The molecule has 1 fully saturated rings. The van der Waals surface area contributed by atoms with Crippen molar-refractivity contribution in [2.75, 3.05) is 0 Å². The van der Waals surface area contributed by atoms with E-state index in [0.717, 1.165) is 18.9 Å². The summed E-state index contributed by atoms with van der Waals surface area (Å²) in [5.41, 5.74) is 6.74. The number of halogens is 2. The number of nitrogens with two attached hydrogens (primary N) is 1. The summed E-state index contributed by atoms with van der Waals surface area (Å²) in [6.45, 7) is 0. The van der Waals surface area contributed by atoms with Crippen molar-refractivity contribution >= 4 is 0 Å². The van der Waals surface area contributed by atoms with Crippen LogP contribution in [-0.4, -0.2) is 0 Å². The first-order chi connectivity index (χ1) is 8.16. The van der Waals surface area contributed by atoms with Gasteiger partial charge in [-0.25, -0.2) is 8.78 Å². The van der Waals surface area contributed by atoms with E-state index in [1.54, 1.807) is 0 Å². The first kappa shape index (κ1) is 12.5. The summed E-state index contributed by atoms with van der Waals surface area (Å²) in [6, 6.07) is 3.37. The Morgan fingerprint density at radius 1 is 0.941 bits per heavy atom. The summed E-state index contributed by atoms with van der Waals surface area (Å²) in [7, 11) is 0. The molecule has 1 unspecified atom stereocenters. The molecule has 3 heteroatoms. The average molecular weight is 239 g/mol. The molecule has 2 N–H and O–H groups in total. The third-order valence-corrected chi connectivity index (χ3v) is 3.68. The van der Waals surface area contributed by atoms with Crippen molar-refractivity contribution in [1.82, 2.24) is 0 Å². The molecule has 0 radical (unpaired) electrons. The first-order valence-corrected chi connectivity index (χ1v) is 6.38. The number of hydrogen-bond acceptors (Lipinski definition) is 1. The van der Waals surface area contributed by atoms with Gasteiger partial charge in [0.1, 0.15) is 11.6 Å². The van der Waals surface area contributed by atoms with Crippen LogP contribution < -0.4 is 5.73 Å². The Morgan fingerprint density at radius 2 is 1.47 bits per heavy atom. The largest absolute Gasteiger partial charge is 0.324 e. The fourth-order valence-electron chi connectivity index (χ4n) is 2.71. The zero-order chi connectivity index (χ0) is 12.3. The van der Waals surface area contributed by atoms with E-state index in [1.165, 1.54) is 37.8 Å². The first-order valence-electron chi connectivity index (χ1n) is 6.38. The van der Waals surface area contributed by atoms with Crippen molar-refractivity contribution in [2.24, 2.45) is 11.7 Å². The quantitative estimate of drug-likeness (QED) is 0.777. The smallest absolute Gasteiger partial charge is 0.126 e. The van der Waals surface area contributed by atoms with Crippen molar-refractivity contribution in [2.45, 2.75) is 44.6 Å². The summed E-state index contributed by atoms with van der Waals surface area (Å²) in [4.78, 5) is 0. The summed E-state index contributed by atoms with van der Waals surface area (Å²) < 4.78 is 26.3. The minimum atomic E-state index is -0.538. The monoisotopic (exact) mass is 239 g/mol. The molecule has 94 valence electrons. The Bertz CT molecular complexity index is 350. The van der Waals surface area contributed by atoms with Crippen LogP contribution >= 0.6 is 0 Å². The summed E-state index contributed by atoms with van der Waals surface area (Å²) in [5.74, 6) is -0.716. The number of benzene rings is 1. The standard InChI is InChI=1S/C14H19F2N/c15-12-7-11(8-13(16)9-12)14(17)10-5-3-1-2-4-6-10/h7-10,14H,1-6,17H2. The molecule has 0 bridgehead atoms. The normalized spacial score (nSPS) is 19.9. The van der Waals surface area contributed by atoms with Crippen LogP contribution in [0.25, 0.3) is 0 Å². The lowest BCUT2D eigenvalue weighted by Crippen LogP contribution is -2.21. The van der Waals surface area contributed by atoms with Crippen LogP contribution in [0.1, 0.15) is 50.1 Å². The maximum absolute atomic E-state index is 13.1. The van der Waals surface area contributed by atoms with E-state index in [2.05, 4.69) is 0 Å². The highest BCUT2D eigenvalue weighted by atomic mass is 19.1.